The Morgan fingerprint density at radius 3 is 2.61 bits per heavy atom. The Morgan fingerprint density at radius 2 is 1.87 bits per heavy atom. The number of rotatable bonds is 4. The molecular weight excluding hydrogens is 292 g/mol. The highest BCUT2D eigenvalue weighted by atomic mass is 16.5. The number of carbonyl (C=O) groups is 2. The lowest BCUT2D eigenvalue weighted by atomic mass is 10.1. The van der Waals surface area contributed by atoms with E-state index in [1.807, 2.05) is 39.9 Å². The second-order valence-corrected chi connectivity index (χ2v) is 6.32. The first-order valence-electron chi connectivity index (χ1n) is 8.21. The van der Waals surface area contributed by atoms with E-state index in [1.54, 1.807) is 0 Å². The van der Waals surface area contributed by atoms with Crippen LogP contribution in [0.1, 0.15) is 23.2 Å². The molecule has 5 heteroatoms. The SMILES string of the molecule is O=C(c1cn(CC(=O)N2CCOCC2)c2ccccc12)C1CC1. The van der Waals surface area contributed by atoms with E-state index in [0.29, 0.717) is 26.3 Å². The van der Waals surface area contributed by atoms with Crippen LogP contribution >= 0.6 is 0 Å². The Balaban J connectivity index is 1.64. The van der Waals surface area contributed by atoms with Gasteiger partial charge in [0.15, 0.2) is 5.78 Å². The van der Waals surface area contributed by atoms with E-state index >= 15 is 0 Å². The molecule has 0 unspecified atom stereocenters. The highest BCUT2D eigenvalue weighted by Crippen LogP contribution is 2.35. The summed E-state index contributed by atoms with van der Waals surface area (Å²) in [6.07, 6.45) is 3.85. The second-order valence-electron chi connectivity index (χ2n) is 6.32. The van der Waals surface area contributed by atoms with E-state index in [4.69, 9.17) is 4.74 Å². The van der Waals surface area contributed by atoms with Gasteiger partial charge in [0.1, 0.15) is 6.54 Å². The Labute approximate surface area is 134 Å². The van der Waals surface area contributed by atoms with E-state index in [2.05, 4.69) is 0 Å². The number of carbonyl (C=O) groups excluding carboxylic acids is 2. The summed E-state index contributed by atoms with van der Waals surface area (Å²) in [5.41, 5.74) is 1.72. The molecule has 2 fully saturated rings. The minimum absolute atomic E-state index is 0.0828. The van der Waals surface area contributed by atoms with E-state index in [1.165, 1.54) is 0 Å². The number of fused-ring (bicyclic) bond motifs is 1. The summed E-state index contributed by atoms with van der Waals surface area (Å²) in [6.45, 7) is 2.77. The third-order valence-electron chi connectivity index (χ3n) is 4.67. The number of hydrogen-bond donors (Lipinski definition) is 0. The molecule has 1 aromatic heterocycles. The number of aromatic nitrogens is 1. The molecule has 0 atom stereocenters. The van der Waals surface area contributed by atoms with Gasteiger partial charge in [-0.25, -0.2) is 0 Å². The van der Waals surface area contributed by atoms with E-state index in [-0.39, 0.29) is 24.2 Å². The average Bonchev–Trinajstić information content (AvgIpc) is 3.38. The highest BCUT2D eigenvalue weighted by molar-refractivity contribution is 6.10. The predicted molar refractivity (Wildman–Crippen MR) is 86.4 cm³/mol. The first kappa shape index (κ1) is 14.5. The molecule has 23 heavy (non-hydrogen) atoms. The molecule has 1 amide bonds. The molecule has 1 saturated heterocycles. The van der Waals surface area contributed by atoms with Gasteiger partial charge in [0.05, 0.1) is 13.2 Å². The van der Waals surface area contributed by atoms with Gasteiger partial charge in [0.25, 0.3) is 0 Å². The molecule has 1 aliphatic heterocycles. The summed E-state index contributed by atoms with van der Waals surface area (Å²) >= 11 is 0. The molecule has 1 saturated carbocycles. The first-order chi connectivity index (χ1) is 11.2. The molecule has 0 radical (unpaired) electrons. The van der Waals surface area contributed by atoms with Gasteiger partial charge in [-0.1, -0.05) is 18.2 Å². The molecule has 2 aliphatic rings. The fraction of sp³-hybridized carbons (Fsp3) is 0.444. The smallest absolute Gasteiger partial charge is 0.242 e. The summed E-state index contributed by atoms with van der Waals surface area (Å²) < 4.78 is 7.21. The predicted octanol–water partition coefficient (Wildman–Crippen LogP) is 2.09. The molecule has 0 bridgehead atoms. The van der Waals surface area contributed by atoms with Crippen LogP contribution in [-0.2, 0) is 16.1 Å². The maximum absolute atomic E-state index is 12.5. The first-order valence-corrected chi connectivity index (χ1v) is 8.21. The maximum Gasteiger partial charge on any atom is 0.242 e. The Kier molecular flexibility index (Phi) is 3.65. The van der Waals surface area contributed by atoms with Crippen LogP contribution in [0.3, 0.4) is 0 Å². The van der Waals surface area contributed by atoms with Gasteiger partial charge in [-0.05, 0) is 18.9 Å². The largest absolute Gasteiger partial charge is 0.378 e. The van der Waals surface area contributed by atoms with Gasteiger partial charge in [-0.3, -0.25) is 9.59 Å². The van der Waals surface area contributed by atoms with Gasteiger partial charge in [-0.15, -0.1) is 0 Å². The van der Waals surface area contributed by atoms with Crippen molar-refractivity contribution in [3.63, 3.8) is 0 Å². The number of Topliss-reactive ketones (excluding diaryl/α,β-unsaturated/α-hetero) is 1. The zero-order chi connectivity index (χ0) is 15.8. The quantitative estimate of drug-likeness (QED) is 0.812. The Hall–Kier alpha value is -2.14. The van der Waals surface area contributed by atoms with Crippen molar-refractivity contribution in [1.82, 2.24) is 9.47 Å². The normalized spacial score (nSPS) is 18.3. The van der Waals surface area contributed by atoms with Crippen LogP contribution in [0, 0.1) is 5.92 Å². The van der Waals surface area contributed by atoms with Gasteiger partial charge in [-0.2, -0.15) is 0 Å². The van der Waals surface area contributed by atoms with Crippen molar-refractivity contribution in [2.45, 2.75) is 19.4 Å². The summed E-state index contributed by atoms with van der Waals surface area (Å²) in [7, 11) is 0. The van der Waals surface area contributed by atoms with Gasteiger partial charge in [0, 0.05) is 41.7 Å². The van der Waals surface area contributed by atoms with Crippen molar-refractivity contribution in [2.24, 2.45) is 5.92 Å². The molecular formula is C18H20N2O3. The number of hydrogen-bond acceptors (Lipinski definition) is 3. The third-order valence-corrected chi connectivity index (χ3v) is 4.67. The minimum Gasteiger partial charge on any atom is -0.378 e. The minimum atomic E-state index is 0.0828. The monoisotopic (exact) mass is 312 g/mol. The van der Waals surface area contributed by atoms with Crippen molar-refractivity contribution in [3.05, 3.63) is 36.0 Å². The van der Waals surface area contributed by atoms with E-state index < -0.39 is 0 Å². The van der Waals surface area contributed by atoms with Crippen LogP contribution in [0.4, 0.5) is 0 Å². The number of nitrogens with zero attached hydrogens (tertiary/aromatic N) is 2. The summed E-state index contributed by atoms with van der Waals surface area (Å²) in [5, 5.41) is 0.958. The van der Waals surface area contributed by atoms with Crippen molar-refractivity contribution < 1.29 is 14.3 Å². The molecule has 5 nitrogen and oxygen atoms in total. The lowest BCUT2D eigenvalue weighted by molar-refractivity contribution is -0.135. The highest BCUT2D eigenvalue weighted by Gasteiger charge is 2.32. The molecule has 0 spiro atoms. The molecule has 120 valence electrons. The van der Waals surface area contributed by atoms with Crippen molar-refractivity contribution >= 4 is 22.6 Å². The fourth-order valence-electron chi connectivity index (χ4n) is 3.20. The zero-order valence-electron chi connectivity index (χ0n) is 13.0. The van der Waals surface area contributed by atoms with Crippen molar-refractivity contribution in [3.8, 4) is 0 Å². The number of benzene rings is 1. The number of ketones is 1. The fourth-order valence-corrected chi connectivity index (χ4v) is 3.20. The number of ether oxygens (including phenoxy) is 1. The summed E-state index contributed by atoms with van der Waals surface area (Å²) in [5.74, 6) is 0.488. The van der Waals surface area contributed by atoms with Crippen LogP contribution in [0.25, 0.3) is 10.9 Å². The number of morpholine rings is 1. The van der Waals surface area contributed by atoms with Crippen LogP contribution in [0.15, 0.2) is 30.5 Å². The molecule has 1 aliphatic carbocycles. The molecule has 0 N–H and O–H groups in total. The van der Waals surface area contributed by atoms with Crippen LogP contribution in [0.5, 0.6) is 0 Å². The molecule has 1 aromatic carbocycles. The van der Waals surface area contributed by atoms with Crippen molar-refractivity contribution in [1.29, 1.82) is 0 Å². The Bertz CT molecular complexity index is 755. The maximum atomic E-state index is 12.5. The lowest BCUT2D eigenvalue weighted by Crippen LogP contribution is -2.42. The lowest BCUT2D eigenvalue weighted by Gasteiger charge is -2.27. The van der Waals surface area contributed by atoms with Crippen LogP contribution < -0.4 is 0 Å². The van der Waals surface area contributed by atoms with E-state index in [0.717, 1.165) is 29.3 Å². The second kappa shape index (κ2) is 5.81. The summed E-state index contributed by atoms with van der Waals surface area (Å²) in [4.78, 5) is 26.8. The average molecular weight is 312 g/mol. The van der Waals surface area contributed by atoms with Crippen LogP contribution in [0.2, 0.25) is 0 Å². The van der Waals surface area contributed by atoms with Gasteiger partial charge in [0.2, 0.25) is 5.91 Å². The van der Waals surface area contributed by atoms with Crippen molar-refractivity contribution in [2.75, 3.05) is 26.3 Å². The molecule has 4 rings (SSSR count). The zero-order valence-corrected chi connectivity index (χ0v) is 13.0. The van der Waals surface area contributed by atoms with Gasteiger partial charge >= 0.3 is 0 Å². The number of para-hydroxylation sites is 1. The Morgan fingerprint density at radius 1 is 1.13 bits per heavy atom. The standard InChI is InChI=1S/C18H20N2O3/c21-17(19-7-9-23-10-8-19)12-20-11-15(18(22)13-5-6-13)14-3-1-2-4-16(14)20/h1-4,11,13H,5-10,12H2. The molecule has 2 aromatic rings. The summed E-state index contributed by atoms with van der Waals surface area (Å²) in [6, 6.07) is 7.84. The third kappa shape index (κ3) is 2.77. The van der Waals surface area contributed by atoms with Crippen LogP contribution in [-0.4, -0.2) is 47.5 Å². The topological polar surface area (TPSA) is 51.5 Å². The van der Waals surface area contributed by atoms with E-state index in [9.17, 15) is 9.59 Å². The molecule has 2 heterocycles. The number of amides is 1. The van der Waals surface area contributed by atoms with Gasteiger partial charge < -0.3 is 14.2 Å².